The van der Waals surface area contributed by atoms with Crippen LogP contribution in [0.3, 0.4) is 0 Å². The van der Waals surface area contributed by atoms with Gasteiger partial charge in [0, 0.05) is 11.3 Å². The van der Waals surface area contributed by atoms with Crippen LogP contribution in [0.15, 0.2) is 12.1 Å². The molecule has 22 heavy (non-hydrogen) atoms. The summed E-state index contributed by atoms with van der Waals surface area (Å²) < 4.78 is 30.4. The van der Waals surface area contributed by atoms with Gasteiger partial charge in [0.1, 0.15) is 18.6 Å². The zero-order valence-corrected chi connectivity index (χ0v) is 13.7. The predicted molar refractivity (Wildman–Crippen MR) is 83.6 cm³/mol. The van der Waals surface area contributed by atoms with Gasteiger partial charge in [0.15, 0.2) is 0 Å². The number of hydrogen-bond donors (Lipinski definition) is 0. The Labute approximate surface area is 130 Å². The largest absolute Gasteiger partial charge is 0.485 e. The molecule has 1 rings (SSSR count). The first kappa shape index (κ1) is 18.3. The molecule has 1 aromatic heterocycles. The third-order valence-electron chi connectivity index (χ3n) is 3.25. The van der Waals surface area contributed by atoms with Crippen LogP contribution in [-0.2, 0) is 4.79 Å². The van der Waals surface area contributed by atoms with Gasteiger partial charge in [-0.3, -0.25) is 9.78 Å². The van der Waals surface area contributed by atoms with Crippen LogP contribution in [0.1, 0.15) is 63.4 Å². The molecule has 3 nitrogen and oxygen atoms in total. The van der Waals surface area contributed by atoms with E-state index in [1.807, 2.05) is 33.8 Å². The summed E-state index contributed by atoms with van der Waals surface area (Å²) in [4.78, 5) is 15.3. The number of halogens is 2. The van der Waals surface area contributed by atoms with E-state index >= 15 is 0 Å². The third kappa shape index (κ3) is 4.61. The number of ether oxygens (including phenoxy) is 1. The quantitative estimate of drug-likeness (QED) is 0.547. The molecule has 0 amide bonds. The van der Waals surface area contributed by atoms with E-state index in [4.69, 9.17) is 4.74 Å². The third-order valence-corrected chi connectivity index (χ3v) is 3.25. The summed E-state index contributed by atoms with van der Waals surface area (Å²) in [6.45, 7) is 8.95. The Morgan fingerprint density at radius 3 is 2.36 bits per heavy atom. The minimum absolute atomic E-state index is 0.0224. The van der Waals surface area contributed by atoms with E-state index < -0.39 is 13.0 Å². The van der Waals surface area contributed by atoms with Gasteiger partial charge in [-0.05, 0) is 36.5 Å². The number of aldehydes is 1. The highest BCUT2D eigenvalue weighted by Crippen LogP contribution is 2.35. The van der Waals surface area contributed by atoms with Crippen molar-refractivity contribution in [1.29, 1.82) is 0 Å². The van der Waals surface area contributed by atoms with Crippen molar-refractivity contribution in [2.75, 3.05) is 6.61 Å². The number of rotatable bonds is 7. The van der Waals surface area contributed by atoms with Gasteiger partial charge in [0.05, 0.1) is 5.69 Å². The lowest BCUT2D eigenvalue weighted by Crippen LogP contribution is -2.13. The Morgan fingerprint density at radius 1 is 1.27 bits per heavy atom. The number of nitrogens with zero attached hydrogens (tertiary/aromatic N) is 1. The summed E-state index contributed by atoms with van der Waals surface area (Å²) in [5, 5.41) is 0. The molecule has 0 atom stereocenters. The number of carbonyl (C=O) groups is 1. The molecule has 0 N–H and O–H groups in total. The molecule has 0 aliphatic heterocycles. The molecule has 0 unspecified atom stereocenters. The summed E-state index contributed by atoms with van der Waals surface area (Å²) in [5.74, 6) is 0.550. The van der Waals surface area contributed by atoms with Gasteiger partial charge in [-0.15, -0.1) is 0 Å². The molecule has 0 aliphatic rings. The Morgan fingerprint density at radius 2 is 1.91 bits per heavy atom. The van der Waals surface area contributed by atoms with Crippen LogP contribution >= 0.6 is 0 Å². The fourth-order valence-corrected chi connectivity index (χ4v) is 2.04. The Hall–Kier alpha value is -1.78. The van der Waals surface area contributed by atoms with Crippen LogP contribution in [0.4, 0.5) is 8.78 Å². The molecule has 5 heteroatoms. The zero-order valence-electron chi connectivity index (χ0n) is 13.7. The van der Waals surface area contributed by atoms with Crippen LogP contribution < -0.4 is 4.74 Å². The van der Waals surface area contributed by atoms with Gasteiger partial charge in [0.25, 0.3) is 6.43 Å². The minimum Gasteiger partial charge on any atom is -0.485 e. The van der Waals surface area contributed by atoms with E-state index in [1.165, 1.54) is 6.08 Å². The van der Waals surface area contributed by atoms with E-state index in [-0.39, 0.29) is 11.8 Å². The van der Waals surface area contributed by atoms with Crippen LogP contribution in [0.5, 0.6) is 5.75 Å². The molecule has 0 fully saturated rings. The molecule has 0 aromatic carbocycles. The molecule has 0 aliphatic carbocycles. The second-order valence-corrected chi connectivity index (χ2v) is 5.81. The zero-order chi connectivity index (χ0) is 16.9. The van der Waals surface area contributed by atoms with E-state index in [9.17, 15) is 13.6 Å². The number of allylic oxidation sites excluding steroid dienone is 2. The van der Waals surface area contributed by atoms with Crippen molar-refractivity contribution in [3.63, 3.8) is 0 Å². The molecule has 0 saturated carbocycles. The van der Waals surface area contributed by atoms with E-state index in [1.54, 1.807) is 6.92 Å². The monoisotopic (exact) mass is 311 g/mol. The van der Waals surface area contributed by atoms with Gasteiger partial charge in [0.2, 0.25) is 0 Å². The lowest BCUT2D eigenvalue weighted by Gasteiger charge is -2.20. The highest BCUT2D eigenvalue weighted by Gasteiger charge is 2.20. The van der Waals surface area contributed by atoms with Crippen molar-refractivity contribution in [3.05, 3.63) is 29.1 Å². The number of hydrogen-bond acceptors (Lipinski definition) is 3. The average molecular weight is 311 g/mol. The smallest absolute Gasteiger partial charge is 0.272 e. The maximum absolute atomic E-state index is 12.5. The summed E-state index contributed by atoms with van der Waals surface area (Å²) in [7, 11) is 0. The van der Waals surface area contributed by atoms with Gasteiger partial charge >= 0.3 is 0 Å². The fourth-order valence-electron chi connectivity index (χ4n) is 2.04. The van der Waals surface area contributed by atoms with E-state index in [0.717, 1.165) is 5.69 Å². The van der Waals surface area contributed by atoms with Crippen LogP contribution in [0.2, 0.25) is 0 Å². The van der Waals surface area contributed by atoms with Crippen molar-refractivity contribution in [1.82, 2.24) is 4.98 Å². The second kappa shape index (κ2) is 8.01. The summed E-state index contributed by atoms with van der Waals surface area (Å²) in [5.41, 5.74) is 2.81. The molecule has 0 bridgehead atoms. The van der Waals surface area contributed by atoms with Crippen molar-refractivity contribution in [2.45, 2.75) is 52.9 Å². The SMILES string of the molecule is CC(=CC=O)c1cc(C(C)C)nc(C(C)C)c1OCC(F)F. The van der Waals surface area contributed by atoms with Gasteiger partial charge in [-0.1, -0.05) is 27.7 Å². The van der Waals surface area contributed by atoms with Gasteiger partial charge < -0.3 is 4.74 Å². The first-order chi connectivity index (χ1) is 10.3. The molecule has 0 radical (unpaired) electrons. The van der Waals surface area contributed by atoms with Gasteiger partial charge in [-0.25, -0.2) is 8.78 Å². The first-order valence-corrected chi connectivity index (χ1v) is 7.36. The maximum atomic E-state index is 12.5. The van der Waals surface area contributed by atoms with Crippen molar-refractivity contribution < 1.29 is 18.3 Å². The Bertz CT molecular complexity index is 552. The van der Waals surface area contributed by atoms with Crippen molar-refractivity contribution in [3.8, 4) is 5.75 Å². The Kier molecular flexibility index (Phi) is 6.65. The number of alkyl halides is 2. The van der Waals surface area contributed by atoms with Crippen molar-refractivity contribution >= 4 is 11.9 Å². The molecular formula is C17H23F2NO2. The summed E-state index contributed by atoms with van der Waals surface area (Å²) in [6, 6.07) is 1.81. The van der Waals surface area contributed by atoms with Gasteiger partial charge in [-0.2, -0.15) is 0 Å². The molecule has 0 spiro atoms. The standard InChI is InChI=1S/C17H23F2NO2/c1-10(2)14-8-13(12(5)6-7-21)17(22-9-15(18)19)16(20-14)11(3)4/h6-8,10-11,15H,9H2,1-5H3. The molecule has 1 heterocycles. The topological polar surface area (TPSA) is 39.2 Å². The van der Waals surface area contributed by atoms with Crippen LogP contribution in [-0.4, -0.2) is 24.3 Å². The lowest BCUT2D eigenvalue weighted by atomic mass is 9.97. The highest BCUT2D eigenvalue weighted by atomic mass is 19.3. The van der Waals surface area contributed by atoms with E-state index in [0.29, 0.717) is 28.9 Å². The van der Waals surface area contributed by atoms with Crippen LogP contribution in [0.25, 0.3) is 5.57 Å². The van der Waals surface area contributed by atoms with Crippen LogP contribution in [0, 0.1) is 0 Å². The molecule has 1 aromatic rings. The predicted octanol–water partition coefficient (Wildman–Crippen LogP) is 4.57. The Balaban J connectivity index is 3.51. The second-order valence-electron chi connectivity index (χ2n) is 5.81. The lowest BCUT2D eigenvalue weighted by molar-refractivity contribution is -0.104. The fraction of sp³-hybridized carbons (Fsp3) is 0.529. The van der Waals surface area contributed by atoms with Crippen molar-refractivity contribution in [2.24, 2.45) is 0 Å². The summed E-state index contributed by atoms with van der Waals surface area (Å²) in [6.07, 6.45) is -0.483. The number of carbonyl (C=O) groups excluding carboxylic acids is 1. The maximum Gasteiger partial charge on any atom is 0.272 e. The molecule has 122 valence electrons. The number of aromatic nitrogens is 1. The minimum atomic E-state index is -2.56. The normalized spacial score (nSPS) is 12.4. The molecule has 0 saturated heterocycles. The average Bonchev–Trinajstić information content (AvgIpc) is 2.43. The highest BCUT2D eigenvalue weighted by molar-refractivity contribution is 5.83. The van der Waals surface area contributed by atoms with E-state index in [2.05, 4.69) is 4.98 Å². The number of pyridine rings is 1. The summed E-state index contributed by atoms with van der Waals surface area (Å²) >= 11 is 0. The first-order valence-electron chi connectivity index (χ1n) is 7.36. The molecular weight excluding hydrogens is 288 g/mol.